The third-order valence-corrected chi connectivity index (χ3v) is 1.21. The molecular formula is C6H10N4O. The predicted molar refractivity (Wildman–Crippen MR) is 39.4 cm³/mol. The van der Waals surface area contributed by atoms with E-state index in [0.29, 0.717) is 11.6 Å². The zero-order valence-corrected chi connectivity index (χ0v) is 6.50. The van der Waals surface area contributed by atoms with Crippen molar-refractivity contribution in [1.82, 2.24) is 15.0 Å². The molecule has 1 aromatic heterocycles. The van der Waals surface area contributed by atoms with Crippen molar-refractivity contribution in [2.24, 2.45) is 0 Å². The normalized spacial score (nSPS) is 9.73. The quantitative estimate of drug-likeness (QED) is 0.608. The second kappa shape index (κ2) is 3.25. The van der Waals surface area contributed by atoms with Crippen molar-refractivity contribution in [2.45, 2.75) is 20.3 Å². The summed E-state index contributed by atoms with van der Waals surface area (Å²) in [5.74, 6) is 1.48. The van der Waals surface area contributed by atoms with E-state index in [4.69, 9.17) is 5.21 Å². The first-order valence-corrected chi connectivity index (χ1v) is 3.38. The van der Waals surface area contributed by atoms with E-state index in [2.05, 4.69) is 15.0 Å². The highest BCUT2D eigenvalue weighted by molar-refractivity contribution is 5.19. The maximum atomic E-state index is 8.48. The van der Waals surface area contributed by atoms with Crippen LogP contribution in [0.2, 0.25) is 0 Å². The standard InChI is InChI=1S/C6H10N4O/c1-3-5-7-4(2)8-6(9-5)10-11/h11H,3H2,1-2H3,(H,7,8,9,10). The van der Waals surface area contributed by atoms with Gasteiger partial charge in [-0.05, 0) is 6.92 Å². The van der Waals surface area contributed by atoms with Crippen molar-refractivity contribution in [3.05, 3.63) is 11.6 Å². The van der Waals surface area contributed by atoms with Gasteiger partial charge < -0.3 is 0 Å². The summed E-state index contributed by atoms with van der Waals surface area (Å²) in [7, 11) is 0. The lowest BCUT2D eigenvalue weighted by Crippen LogP contribution is -2.04. The average Bonchev–Trinajstić information content (AvgIpc) is 2.03. The van der Waals surface area contributed by atoms with Gasteiger partial charge in [0.1, 0.15) is 11.6 Å². The predicted octanol–water partition coefficient (Wildman–Crippen LogP) is 0.544. The Balaban J connectivity index is 3.02. The van der Waals surface area contributed by atoms with E-state index in [9.17, 15) is 0 Å². The molecule has 5 heteroatoms. The number of nitrogens with zero attached hydrogens (tertiary/aromatic N) is 3. The molecule has 0 aliphatic heterocycles. The Labute approximate surface area is 64.5 Å². The molecule has 0 spiro atoms. The molecule has 0 radical (unpaired) electrons. The molecule has 2 N–H and O–H groups in total. The highest BCUT2D eigenvalue weighted by atomic mass is 16.5. The Morgan fingerprint density at radius 3 is 2.64 bits per heavy atom. The van der Waals surface area contributed by atoms with Gasteiger partial charge in [-0.2, -0.15) is 9.97 Å². The molecule has 0 fully saturated rings. The van der Waals surface area contributed by atoms with Crippen LogP contribution in [-0.4, -0.2) is 20.2 Å². The SMILES string of the molecule is CCc1nc(C)nc(NO)n1. The van der Waals surface area contributed by atoms with Crippen LogP contribution >= 0.6 is 0 Å². The van der Waals surface area contributed by atoms with Crippen LogP contribution in [0.25, 0.3) is 0 Å². The van der Waals surface area contributed by atoms with E-state index >= 15 is 0 Å². The molecule has 0 aliphatic rings. The van der Waals surface area contributed by atoms with Gasteiger partial charge in [-0.25, -0.2) is 10.5 Å². The van der Waals surface area contributed by atoms with Crippen LogP contribution in [0.15, 0.2) is 0 Å². The first-order valence-electron chi connectivity index (χ1n) is 3.38. The van der Waals surface area contributed by atoms with E-state index in [1.165, 1.54) is 0 Å². The van der Waals surface area contributed by atoms with Gasteiger partial charge in [0.25, 0.3) is 0 Å². The van der Waals surface area contributed by atoms with Gasteiger partial charge in [0, 0.05) is 6.42 Å². The molecule has 1 aromatic rings. The van der Waals surface area contributed by atoms with Crippen LogP contribution in [0.4, 0.5) is 5.95 Å². The zero-order chi connectivity index (χ0) is 8.27. The lowest BCUT2D eigenvalue weighted by Gasteiger charge is -2.00. The van der Waals surface area contributed by atoms with Gasteiger partial charge in [0.05, 0.1) is 0 Å². The fourth-order valence-corrected chi connectivity index (χ4v) is 0.745. The molecule has 0 saturated carbocycles. The zero-order valence-electron chi connectivity index (χ0n) is 6.50. The molecule has 0 saturated heterocycles. The van der Waals surface area contributed by atoms with Gasteiger partial charge in [-0.3, -0.25) is 5.21 Å². The maximum absolute atomic E-state index is 8.48. The van der Waals surface area contributed by atoms with Crippen LogP contribution in [0.1, 0.15) is 18.6 Å². The second-order valence-electron chi connectivity index (χ2n) is 2.09. The molecule has 0 aliphatic carbocycles. The van der Waals surface area contributed by atoms with Crippen molar-refractivity contribution in [3.63, 3.8) is 0 Å². The first-order chi connectivity index (χ1) is 5.26. The number of rotatable bonds is 2. The molecule has 5 nitrogen and oxygen atoms in total. The minimum atomic E-state index is 0.203. The monoisotopic (exact) mass is 154 g/mol. The molecule has 0 aromatic carbocycles. The van der Waals surface area contributed by atoms with E-state index < -0.39 is 0 Å². The van der Waals surface area contributed by atoms with Crippen LogP contribution < -0.4 is 5.48 Å². The molecule has 1 heterocycles. The van der Waals surface area contributed by atoms with Crippen molar-refractivity contribution < 1.29 is 5.21 Å². The highest BCUT2D eigenvalue weighted by Gasteiger charge is 1.99. The van der Waals surface area contributed by atoms with Gasteiger partial charge in [0.15, 0.2) is 0 Å². The second-order valence-corrected chi connectivity index (χ2v) is 2.09. The number of nitrogens with one attached hydrogen (secondary N) is 1. The summed E-state index contributed by atoms with van der Waals surface area (Å²) in [6, 6.07) is 0. The largest absolute Gasteiger partial charge is 0.288 e. The number of hydrogen-bond acceptors (Lipinski definition) is 5. The van der Waals surface area contributed by atoms with E-state index in [1.54, 1.807) is 6.92 Å². The topological polar surface area (TPSA) is 70.9 Å². The summed E-state index contributed by atoms with van der Waals surface area (Å²) in [5.41, 5.74) is 1.88. The Bertz CT molecular complexity index is 228. The third-order valence-electron chi connectivity index (χ3n) is 1.21. The lowest BCUT2D eigenvalue weighted by atomic mass is 10.4. The molecular weight excluding hydrogens is 144 g/mol. The Kier molecular flexibility index (Phi) is 2.32. The third kappa shape index (κ3) is 1.84. The number of anilines is 1. The fraction of sp³-hybridized carbons (Fsp3) is 0.500. The van der Waals surface area contributed by atoms with Gasteiger partial charge in [-0.1, -0.05) is 6.92 Å². The van der Waals surface area contributed by atoms with Gasteiger partial charge in [-0.15, -0.1) is 0 Å². The maximum Gasteiger partial charge on any atom is 0.250 e. The average molecular weight is 154 g/mol. The minimum Gasteiger partial charge on any atom is -0.288 e. The van der Waals surface area contributed by atoms with Crippen LogP contribution in [0.5, 0.6) is 0 Å². The number of hydrogen-bond donors (Lipinski definition) is 2. The summed E-state index contributed by atoms with van der Waals surface area (Å²) in [6.45, 7) is 3.69. The summed E-state index contributed by atoms with van der Waals surface area (Å²) < 4.78 is 0. The Morgan fingerprint density at radius 1 is 1.36 bits per heavy atom. The summed E-state index contributed by atoms with van der Waals surface area (Å²) in [4.78, 5) is 11.7. The summed E-state index contributed by atoms with van der Waals surface area (Å²) >= 11 is 0. The lowest BCUT2D eigenvalue weighted by molar-refractivity contribution is 0.381. The van der Waals surface area contributed by atoms with E-state index in [0.717, 1.165) is 6.42 Å². The first kappa shape index (κ1) is 7.87. The van der Waals surface area contributed by atoms with Crippen molar-refractivity contribution >= 4 is 5.95 Å². The van der Waals surface area contributed by atoms with Crippen molar-refractivity contribution in [1.29, 1.82) is 0 Å². The summed E-state index contributed by atoms with van der Waals surface area (Å²) in [5, 5.41) is 8.48. The Hall–Kier alpha value is -1.23. The molecule has 1 rings (SSSR count). The smallest absolute Gasteiger partial charge is 0.250 e. The van der Waals surface area contributed by atoms with Crippen LogP contribution in [0.3, 0.4) is 0 Å². The van der Waals surface area contributed by atoms with E-state index in [-0.39, 0.29) is 5.95 Å². The Morgan fingerprint density at radius 2 is 2.09 bits per heavy atom. The molecule has 0 unspecified atom stereocenters. The minimum absolute atomic E-state index is 0.203. The van der Waals surface area contributed by atoms with Crippen molar-refractivity contribution in [2.75, 3.05) is 5.48 Å². The molecule has 0 atom stereocenters. The molecule has 11 heavy (non-hydrogen) atoms. The number of aromatic nitrogens is 3. The molecule has 0 bridgehead atoms. The number of aryl methyl sites for hydroxylation is 2. The molecule has 60 valence electrons. The van der Waals surface area contributed by atoms with E-state index in [1.807, 2.05) is 12.4 Å². The summed E-state index contributed by atoms with van der Waals surface area (Å²) in [6.07, 6.45) is 0.734. The van der Waals surface area contributed by atoms with Crippen LogP contribution in [0, 0.1) is 6.92 Å². The fourth-order valence-electron chi connectivity index (χ4n) is 0.745. The van der Waals surface area contributed by atoms with Gasteiger partial charge in [0.2, 0.25) is 5.95 Å². The van der Waals surface area contributed by atoms with Gasteiger partial charge >= 0.3 is 0 Å². The molecule has 0 amide bonds. The highest BCUT2D eigenvalue weighted by Crippen LogP contribution is 1.99. The van der Waals surface area contributed by atoms with Crippen molar-refractivity contribution in [3.8, 4) is 0 Å². The van der Waals surface area contributed by atoms with Crippen LogP contribution in [-0.2, 0) is 6.42 Å².